The number of hydrogen-bond donors (Lipinski definition) is 2. The van der Waals surface area contributed by atoms with Crippen LogP contribution in [0.15, 0.2) is 42.2 Å². The van der Waals surface area contributed by atoms with Crippen LogP contribution in [0.2, 0.25) is 5.02 Å². The Morgan fingerprint density at radius 2 is 2.03 bits per heavy atom. The Morgan fingerprint density at radius 3 is 2.76 bits per heavy atom. The number of ketones is 1. The SMILES string of the molecule is O=C1C(=Cc2cccc(Cl)c2)Oc2c1ccc([O-])c2C[NH+]1CCN(CCO)CC1. The maximum absolute atomic E-state index is 12.8. The van der Waals surface area contributed by atoms with Gasteiger partial charge in [0.05, 0.1) is 25.3 Å². The van der Waals surface area contributed by atoms with Gasteiger partial charge in [0.1, 0.15) is 12.3 Å². The van der Waals surface area contributed by atoms with E-state index in [1.54, 1.807) is 24.3 Å². The quantitative estimate of drug-likeness (QED) is 0.705. The third-order valence-corrected chi connectivity index (χ3v) is 5.69. The van der Waals surface area contributed by atoms with Crippen molar-refractivity contribution in [2.45, 2.75) is 6.54 Å². The highest BCUT2D eigenvalue weighted by molar-refractivity contribution is 6.30. The van der Waals surface area contributed by atoms with Crippen molar-refractivity contribution in [3.63, 3.8) is 0 Å². The normalized spacial score (nSPS) is 18.8. The molecule has 2 N–H and O–H groups in total. The zero-order valence-corrected chi connectivity index (χ0v) is 16.7. The largest absolute Gasteiger partial charge is 0.872 e. The van der Waals surface area contributed by atoms with Crippen molar-refractivity contribution in [3.8, 4) is 11.5 Å². The summed E-state index contributed by atoms with van der Waals surface area (Å²) in [5, 5.41) is 22.2. The van der Waals surface area contributed by atoms with Crippen molar-refractivity contribution in [3.05, 3.63) is 63.9 Å². The summed E-state index contributed by atoms with van der Waals surface area (Å²) in [6.07, 6.45) is 1.66. The number of allylic oxidation sites excluding steroid dienone is 1. The molecule has 0 saturated carbocycles. The molecule has 0 spiro atoms. The molecular weight excluding hydrogens is 392 g/mol. The number of carbonyl (C=O) groups excluding carboxylic acids is 1. The molecule has 1 saturated heterocycles. The van der Waals surface area contributed by atoms with Crippen molar-refractivity contribution in [1.29, 1.82) is 0 Å². The van der Waals surface area contributed by atoms with Crippen LogP contribution in [-0.4, -0.2) is 55.1 Å². The number of benzene rings is 2. The van der Waals surface area contributed by atoms with Gasteiger partial charge in [0.25, 0.3) is 0 Å². The molecule has 0 atom stereocenters. The molecule has 2 aromatic rings. The molecule has 0 radical (unpaired) electrons. The molecule has 0 bridgehead atoms. The van der Waals surface area contributed by atoms with Crippen molar-refractivity contribution in [2.75, 3.05) is 39.3 Å². The molecular formula is C22H23ClN2O4. The smallest absolute Gasteiger partial charge is 0.231 e. The van der Waals surface area contributed by atoms with E-state index in [1.165, 1.54) is 11.0 Å². The first-order valence-electron chi connectivity index (χ1n) is 9.74. The molecule has 2 aromatic carbocycles. The summed E-state index contributed by atoms with van der Waals surface area (Å²) in [6.45, 7) is 4.86. The zero-order valence-electron chi connectivity index (χ0n) is 16.0. The Morgan fingerprint density at radius 1 is 1.24 bits per heavy atom. The van der Waals surface area contributed by atoms with E-state index >= 15 is 0 Å². The van der Waals surface area contributed by atoms with Crippen molar-refractivity contribution >= 4 is 23.5 Å². The van der Waals surface area contributed by atoms with Gasteiger partial charge in [-0.3, -0.25) is 9.69 Å². The van der Waals surface area contributed by atoms with Gasteiger partial charge >= 0.3 is 0 Å². The fourth-order valence-electron chi connectivity index (χ4n) is 3.87. The molecule has 0 amide bonds. The highest BCUT2D eigenvalue weighted by atomic mass is 35.5. The lowest BCUT2D eigenvalue weighted by atomic mass is 10.0. The monoisotopic (exact) mass is 414 g/mol. The van der Waals surface area contributed by atoms with Gasteiger partial charge in [-0.15, -0.1) is 0 Å². The highest BCUT2D eigenvalue weighted by Gasteiger charge is 2.31. The highest BCUT2D eigenvalue weighted by Crippen LogP contribution is 2.38. The van der Waals surface area contributed by atoms with E-state index in [9.17, 15) is 9.90 Å². The standard InChI is InChI=1S/C22H23ClN2O4/c23-16-3-1-2-15(12-16)13-20-21(28)17-4-5-19(27)18(22(17)29-20)14-25-8-6-24(7-9-25)10-11-26/h1-5,12-13,26-27H,6-11,14H2. The number of aliphatic hydroxyl groups is 1. The van der Waals surface area contributed by atoms with Gasteiger partial charge in [0, 0.05) is 30.2 Å². The van der Waals surface area contributed by atoms with Crippen molar-refractivity contribution in [2.24, 2.45) is 0 Å². The Labute approximate surface area is 174 Å². The van der Waals surface area contributed by atoms with E-state index in [0.29, 0.717) is 35.0 Å². The summed E-state index contributed by atoms with van der Waals surface area (Å²) in [4.78, 5) is 16.3. The van der Waals surface area contributed by atoms with Gasteiger partial charge in [-0.2, -0.15) is 0 Å². The maximum atomic E-state index is 12.8. The maximum Gasteiger partial charge on any atom is 0.231 e. The topological polar surface area (TPSA) is 77.3 Å². The van der Waals surface area contributed by atoms with Crippen LogP contribution in [0.5, 0.6) is 11.5 Å². The number of carbonyl (C=O) groups is 1. The Kier molecular flexibility index (Phi) is 5.87. The first-order valence-corrected chi connectivity index (χ1v) is 10.1. The van der Waals surface area contributed by atoms with Gasteiger partial charge in [-0.25, -0.2) is 0 Å². The van der Waals surface area contributed by atoms with Crippen LogP contribution >= 0.6 is 11.6 Å². The summed E-state index contributed by atoms with van der Waals surface area (Å²) < 4.78 is 5.89. The molecule has 0 aliphatic carbocycles. The lowest BCUT2D eigenvalue weighted by Crippen LogP contribution is -3.13. The van der Waals surface area contributed by atoms with Crippen molar-refractivity contribution < 1.29 is 24.6 Å². The van der Waals surface area contributed by atoms with E-state index in [4.69, 9.17) is 21.4 Å². The number of ether oxygens (including phenoxy) is 1. The predicted octanol–water partition coefficient (Wildman–Crippen LogP) is 0.723. The molecule has 1 fully saturated rings. The number of rotatable bonds is 5. The van der Waals surface area contributed by atoms with Gasteiger partial charge in [0.15, 0.2) is 5.76 Å². The second-order valence-electron chi connectivity index (χ2n) is 7.41. The lowest BCUT2D eigenvalue weighted by molar-refractivity contribution is -0.918. The number of hydrogen-bond acceptors (Lipinski definition) is 5. The minimum absolute atomic E-state index is 0.106. The summed E-state index contributed by atoms with van der Waals surface area (Å²) in [5.41, 5.74) is 1.75. The molecule has 152 valence electrons. The molecule has 0 unspecified atom stereocenters. The van der Waals surface area contributed by atoms with Gasteiger partial charge in [0.2, 0.25) is 5.78 Å². The first kappa shape index (κ1) is 19.9. The average molecular weight is 415 g/mol. The first-order chi connectivity index (χ1) is 14.0. The zero-order chi connectivity index (χ0) is 20.4. The van der Waals surface area contributed by atoms with Gasteiger partial charge < -0.3 is 19.8 Å². The molecule has 2 aliphatic heterocycles. The second-order valence-corrected chi connectivity index (χ2v) is 7.84. The van der Waals surface area contributed by atoms with Crippen LogP contribution in [0.3, 0.4) is 0 Å². The predicted molar refractivity (Wildman–Crippen MR) is 108 cm³/mol. The Bertz CT molecular complexity index is 952. The van der Waals surface area contributed by atoms with Gasteiger partial charge in [-0.1, -0.05) is 35.5 Å². The van der Waals surface area contributed by atoms with Crippen LogP contribution < -0.4 is 14.7 Å². The number of β-amino-alcohol motifs (C(OH)–C–C–N with tert-alkyl or cyclic N) is 1. The molecule has 29 heavy (non-hydrogen) atoms. The molecule has 2 heterocycles. The summed E-state index contributed by atoms with van der Waals surface area (Å²) in [6, 6.07) is 10.2. The van der Waals surface area contributed by atoms with Crippen LogP contribution in [0.4, 0.5) is 0 Å². The number of nitrogens with one attached hydrogen (secondary N) is 1. The molecule has 2 aliphatic rings. The fourth-order valence-corrected chi connectivity index (χ4v) is 4.06. The molecule has 0 aromatic heterocycles. The number of nitrogens with zero attached hydrogens (tertiary/aromatic N) is 1. The molecule has 4 rings (SSSR count). The number of Topliss-reactive ketones (excluding diaryl/α,β-unsaturated/α-hetero) is 1. The summed E-state index contributed by atoms with van der Waals surface area (Å²) in [7, 11) is 0. The number of fused-ring (bicyclic) bond motifs is 1. The number of aliphatic hydroxyl groups excluding tert-OH is 1. The van der Waals surface area contributed by atoms with Crippen LogP contribution in [-0.2, 0) is 6.54 Å². The summed E-state index contributed by atoms with van der Waals surface area (Å²) >= 11 is 6.02. The fraction of sp³-hybridized carbons (Fsp3) is 0.318. The molecule has 6 nitrogen and oxygen atoms in total. The second kappa shape index (κ2) is 8.55. The number of piperazine rings is 1. The average Bonchev–Trinajstić information content (AvgIpc) is 3.01. The lowest BCUT2D eigenvalue weighted by Gasteiger charge is -2.32. The summed E-state index contributed by atoms with van der Waals surface area (Å²) in [5.74, 6) is 0.271. The Hall–Kier alpha value is -2.38. The van der Waals surface area contributed by atoms with Crippen LogP contribution in [0.25, 0.3) is 6.08 Å². The van der Waals surface area contributed by atoms with E-state index in [0.717, 1.165) is 31.7 Å². The Balaban J connectivity index is 1.55. The third-order valence-electron chi connectivity index (χ3n) is 5.45. The van der Waals surface area contributed by atoms with Crippen LogP contribution in [0.1, 0.15) is 21.5 Å². The van der Waals surface area contributed by atoms with Crippen molar-refractivity contribution in [1.82, 2.24) is 4.90 Å². The minimum Gasteiger partial charge on any atom is -0.872 e. The minimum atomic E-state index is -0.219. The molecule has 7 heteroatoms. The number of halogens is 1. The van der Waals surface area contributed by atoms with E-state index in [1.807, 2.05) is 12.1 Å². The van der Waals surface area contributed by atoms with Crippen LogP contribution in [0, 0.1) is 0 Å². The van der Waals surface area contributed by atoms with Gasteiger partial charge in [-0.05, 0) is 29.8 Å². The van der Waals surface area contributed by atoms with E-state index in [2.05, 4.69) is 4.90 Å². The van der Waals surface area contributed by atoms with E-state index < -0.39 is 0 Å². The number of quaternary nitrogens is 1. The van der Waals surface area contributed by atoms with E-state index in [-0.39, 0.29) is 23.9 Å². The third kappa shape index (κ3) is 4.31.